The van der Waals surface area contributed by atoms with Crippen molar-refractivity contribution in [3.05, 3.63) is 57.6 Å². The molecule has 0 radical (unpaired) electrons. The molecular formula is C19H18Cl2N2O4. The van der Waals surface area contributed by atoms with E-state index in [-0.39, 0.29) is 22.8 Å². The summed E-state index contributed by atoms with van der Waals surface area (Å²) in [7, 11) is 0. The summed E-state index contributed by atoms with van der Waals surface area (Å²) >= 11 is 11.8. The first-order valence-electron chi connectivity index (χ1n) is 8.23. The number of amides is 2. The maximum Gasteiger partial charge on any atom is 0.276 e. The topological polar surface area (TPSA) is 76.7 Å². The van der Waals surface area contributed by atoms with Gasteiger partial charge in [-0.15, -0.1) is 0 Å². The summed E-state index contributed by atoms with van der Waals surface area (Å²) in [5, 5.41) is 0.585. The van der Waals surface area contributed by atoms with Crippen LogP contribution >= 0.6 is 23.2 Å². The molecule has 0 aromatic heterocycles. The number of ether oxygens (including phenoxy) is 2. The van der Waals surface area contributed by atoms with E-state index >= 15 is 0 Å². The second kappa shape index (κ2) is 7.66. The first-order chi connectivity index (χ1) is 12.7. The molecule has 8 heteroatoms. The number of hydrogen-bond donors (Lipinski definition) is 2. The lowest BCUT2D eigenvalue weighted by Gasteiger charge is -2.18. The molecule has 0 atom stereocenters. The zero-order valence-electron chi connectivity index (χ0n) is 14.8. The van der Waals surface area contributed by atoms with Gasteiger partial charge in [0.05, 0.1) is 10.6 Å². The summed E-state index contributed by atoms with van der Waals surface area (Å²) in [5.41, 5.74) is 5.42. The van der Waals surface area contributed by atoms with Gasteiger partial charge in [0.15, 0.2) is 18.1 Å². The number of halogens is 2. The molecule has 0 saturated carbocycles. The maximum atomic E-state index is 12.1. The molecule has 2 N–H and O–H groups in total. The predicted molar refractivity (Wildman–Crippen MR) is 102 cm³/mol. The Morgan fingerprint density at radius 3 is 2.74 bits per heavy atom. The second-order valence-corrected chi connectivity index (χ2v) is 7.54. The minimum atomic E-state index is -0.582. The van der Waals surface area contributed by atoms with Crippen molar-refractivity contribution in [3.63, 3.8) is 0 Å². The Kier molecular flexibility index (Phi) is 5.48. The van der Waals surface area contributed by atoms with Gasteiger partial charge in [0.25, 0.3) is 11.8 Å². The Labute approximate surface area is 166 Å². The molecule has 1 aliphatic heterocycles. The van der Waals surface area contributed by atoms with Gasteiger partial charge in [0.2, 0.25) is 0 Å². The van der Waals surface area contributed by atoms with Crippen molar-refractivity contribution in [2.45, 2.75) is 25.9 Å². The van der Waals surface area contributed by atoms with E-state index in [1.807, 2.05) is 26.0 Å². The van der Waals surface area contributed by atoms with Crippen molar-refractivity contribution in [1.29, 1.82) is 0 Å². The predicted octanol–water partition coefficient (Wildman–Crippen LogP) is 3.55. The Balaban J connectivity index is 1.55. The van der Waals surface area contributed by atoms with E-state index in [1.165, 1.54) is 12.1 Å². The highest BCUT2D eigenvalue weighted by atomic mass is 35.5. The third-order valence-electron chi connectivity index (χ3n) is 3.90. The number of carbonyl (C=O) groups is 2. The molecule has 3 rings (SSSR count). The number of carbonyl (C=O) groups excluding carboxylic acids is 2. The number of rotatable bonds is 4. The quantitative estimate of drug-likeness (QED) is 0.758. The Bertz CT molecular complexity index is 899. The Hall–Kier alpha value is -2.44. The number of benzene rings is 2. The summed E-state index contributed by atoms with van der Waals surface area (Å²) in [6, 6.07) is 10.0. The molecule has 2 aromatic rings. The minimum Gasteiger partial charge on any atom is -0.483 e. The van der Waals surface area contributed by atoms with E-state index in [2.05, 4.69) is 10.9 Å². The van der Waals surface area contributed by atoms with Gasteiger partial charge in [-0.1, -0.05) is 35.3 Å². The van der Waals surface area contributed by atoms with Crippen LogP contribution in [0, 0.1) is 0 Å². The zero-order chi connectivity index (χ0) is 19.6. The van der Waals surface area contributed by atoms with Crippen LogP contribution in [0.25, 0.3) is 0 Å². The molecular weight excluding hydrogens is 391 g/mol. The van der Waals surface area contributed by atoms with Crippen molar-refractivity contribution in [2.24, 2.45) is 0 Å². The highest BCUT2D eigenvalue weighted by molar-refractivity contribution is 6.35. The fraction of sp³-hybridized carbons (Fsp3) is 0.263. The minimum absolute atomic E-state index is 0.155. The molecule has 0 aliphatic carbocycles. The molecule has 2 aromatic carbocycles. The highest BCUT2D eigenvalue weighted by Crippen LogP contribution is 2.41. The van der Waals surface area contributed by atoms with E-state index in [1.54, 1.807) is 12.1 Å². The first-order valence-corrected chi connectivity index (χ1v) is 8.99. The molecule has 0 spiro atoms. The lowest BCUT2D eigenvalue weighted by atomic mass is 10.0. The van der Waals surface area contributed by atoms with Gasteiger partial charge in [-0.3, -0.25) is 20.4 Å². The van der Waals surface area contributed by atoms with Crippen molar-refractivity contribution < 1.29 is 19.1 Å². The molecule has 0 fully saturated rings. The van der Waals surface area contributed by atoms with Crippen molar-refractivity contribution in [1.82, 2.24) is 10.9 Å². The molecule has 1 heterocycles. The summed E-state index contributed by atoms with van der Waals surface area (Å²) in [4.78, 5) is 24.1. The van der Waals surface area contributed by atoms with E-state index < -0.39 is 11.8 Å². The average molecular weight is 409 g/mol. The van der Waals surface area contributed by atoms with E-state index in [4.69, 9.17) is 32.7 Å². The molecule has 6 nitrogen and oxygen atoms in total. The van der Waals surface area contributed by atoms with Crippen molar-refractivity contribution in [3.8, 4) is 11.5 Å². The monoisotopic (exact) mass is 408 g/mol. The van der Waals surface area contributed by atoms with Gasteiger partial charge in [-0.05, 0) is 38.1 Å². The Morgan fingerprint density at radius 1 is 1.19 bits per heavy atom. The van der Waals surface area contributed by atoms with Crippen LogP contribution in [0.3, 0.4) is 0 Å². The van der Waals surface area contributed by atoms with Crippen molar-refractivity contribution >= 4 is 35.0 Å². The smallest absolute Gasteiger partial charge is 0.276 e. The van der Waals surface area contributed by atoms with Gasteiger partial charge < -0.3 is 9.47 Å². The van der Waals surface area contributed by atoms with E-state index in [0.717, 1.165) is 12.0 Å². The lowest BCUT2D eigenvalue weighted by molar-refractivity contribution is -0.123. The van der Waals surface area contributed by atoms with Gasteiger partial charge in [0, 0.05) is 17.0 Å². The van der Waals surface area contributed by atoms with Crippen LogP contribution in [0.1, 0.15) is 29.8 Å². The molecule has 1 aliphatic rings. The molecule has 142 valence electrons. The summed E-state index contributed by atoms with van der Waals surface area (Å²) in [6.45, 7) is 3.68. The van der Waals surface area contributed by atoms with Crippen LogP contribution < -0.4 is 20.3 Å². The van der Waals surface area contributed by atoms with E-state index in [9.17, 15) is 9.59 Å². The van der Waals surface area contributed by atoms with Crippen LogP contribution in [0.2, 0.25) is 10.0 Å². The summed E-state index contributed by atoms with van der Waals surface area (Å²) in [6.07, 6.45) is 0.766. The third kappa shape index (κ3) is 4.64. The summed E-state index contributed by atoms with van der Waals surface area (Å²) in [5.74, 6) is 0.0142. The molecule has 0 bridgehead atoms. The number of hydrazine groups is 1. The van der Waals surface area contributed by atoms with Gasteiger partial charge in [0.1, 0.15) is 5.60 Å². The normalized spacial score (nSPS) is 14.1. The molecule has 0 unspecified atom stereocenters. The highest BCUT2D eigenvalue weighted by Gasteiger charge is 2.32. The Morgan fingerprint density at radius 2 is 1.96 bits per heavy atom. The molecule has 27 heavy (non-hydrogen) atoms. The number of fused-ring (bicyclic) bond motifs is 1. The van der Waals surface area contributed by atoms with E-state index in [0.29, 0.717) is 16.5 Å². The fourth-order valence-electron chi connectivity index (χ4n) is 2.75. The second-order valence-electron chi connectivity index (χ2n) is 6.70. The number of para-hydroxylation sites is 1. The third-order valence-corrected chi connectivity index (χ3v) is 4.47. The summed E-state index contributed by atoms with van der Waals surface area (Å²) < 4.78 is 11.4. The van der Waals surface area contributed by atoms with Crippen LogP contribution in [-0.2, 0) is 11.2 Å². The SMILES string of the molecule is CC1(C)Cc2cccc(OCC(=O)NNC(=O)c3cc(Cl)ccc3Cl)c2O1. The van der Waals surface area contributed by atoms with Crippen LogP contribution in [0.5, 0.6) is 11.5 Å². The van der Waals surface area contributed by atoms with Gasteiger partial charge >= 0.3 is 0 Å². The lowest BCUT2D eigenvalue weighted by Crippen LogP contribution is -2.43. The number of hydrogen-bond acceptors (Lipinski definition) is 4. The van der Waals surface area contributed by atoms with Gasteiger partial charge in [-0.2, -0.15) is 0 Å². The zero-order valence-corrected chi connectivity index (χ0v) is 16.3. The maximum absolute atomic E-state index is 12.1. The molecule has 2 amide bonds. The fourth-order valence-corrected chi connectivity index (χ4v) is 3.12. The standard InChI is InChI=1S/C19H18Cl2N2O4/c1-19(2)9-11-4-3-5-15(17(11)27-19)26-10-16(24)22-23-18(25)13-8-12(20)6-7-14(13)21/h3-8H,9-10H2,1-2H3,(H,22,24)(H,23,25). The average Bonchev–Trinajstić information content (AvgIpc) is 2.94. The first kappa shape index (κ1) is 19.3. The van der Waals surface area contributed by atoms with Crippen LogP contribution in [0.15, 0.2) is 36.4 Å². The van der Waals surface area contributed by atoms with Crippen LogP contribution in [-0.4, -0.2) is 24.0 Å². The largest absolute Gasteiger partial charge is 0.483 e. The molecule has 0 saturated heterocycles. The van der Waals surface area contributed by atoms with Crippen molar-refractivity contribution in [2.75, 3.05) is 6.61 Å². The van der Waals surface area contributed by atoms with Crippen LogP contribution in [0.4, 0.5) is 0 Å². The number of nitrogens with one attached hydrogen (secondary N) is 2. The van der Waals surface area contributed by atoms with Gasteiger partial charge in [-0.25, -0.2) is 0 Å².